The van der Waals surface area contributed by atoms with Crippen molar-refractivity contribution in [2.24, 2.45) is 5.73 Å². The van der Waals surface area contributed by atoms with Crippen LogP contribution in [0.25, 0.3) is 0 Å². The lowest BCUT2D eigenvalue weighted by Gasteiger charge is -2.30. The zero-order chi connectivity index (χ0) is 11.8. The molecule has 0 amide bonds. The van der Waals surface area contributed by atoms with E-state index in [1.807, 2.05) is 27.0 Å². The van der Waals surface area contributed by atoms with E-state index >= 15 is 0 Å². The molecule has 3 N–H and O–H groups in total. The molecule has 16 heavy (non-hydrogen) atoms. The topological polar surface area (TPSA) is 47.3 Å². The summed E-state index contributed by atoms with van der Waals surface area (Å²) >= 11 is 0. The van der Waals surface area contributed by atoms with Crippen LogP contribution < -0.4 is 15.8 Å². The number of likely N-dealkylation sites (N-methyl/N-ethyl adjacent to an activating group) is 1. The van der Waals surface area contributed by atoms with Crippen LogP contribution in [0.1, 0.15) is 31.0 Å². The number of nitrogens with two attached hydrogens (primary N) is 1. The van der Waals surface area contributed by atoms with Crippen LogP contribution in [-0.4, -0.2) is 19.2 Å². The molecular weight excluding hydrogens is 200 g/mol. The van der Waals surface area contributed by atoms with E-state index in [0.29, 0.717) is 0 Å². The normalized spacial score (nSPS) is 16.8. The lowest BCUT2D eigenvalue weighted by molar-refractivity contribution is 0.356. The second-order valence-corrected chi connectivity index (χ2v) is 5.01. The average Bonchev–Trinajstić information content (AvgIpc) is 2.63. The molecule has 0 bridgehead atoms. The van der Waals surface area contributed by atoms with Gasteiger partial charge < -0.3 is 15.8 Å². The highest BCUT2D eigenvalue weighted by Crippen LogP contribution is 2.30. The first kappa shape index (κ1) is 11.4. The lowest BCUT2D eigenvalue weighted by Crippen LogP contribution is -2.45. The number of ether oxygens (including phenoxy) is 1. The van der Waals surface area contributed by atoms with Crippen molar-refractivity contribution in [2.75, 3.05) is 13.7 Å². The first-order valence-corrected chi connectivity index (χ1v) is 5.74. The van der Waals surface area contributed by atoms with Crippen LogP contribution in [0.5, 0.6) is 5.75 Å². The maximum absolute atomic E-state index is 6.17. The van der Waals surface area contributed by atoms with Crippen molar-refractivity contribution < 1.29 is 4.74 Å². The summed E-state index contributed by atoms with van der Waals surface area (Å²) in [6, 6.07) is 6.52. The zero-order valence-electron chi connectivity index (χ0n) is 10.2. The molecule has 0 aromatic heterocycles. The first-order chi connectivity index (χ1) is 7.52. The molecule has 0 saturated heterocycles. The highest BCUT2D eigenvalue weighted by atomic mass is 16.5. The summed E-state index contributed by atoms with van der Waals surface area (Å²) in [4.78, 5) is 0. The fraction of sp³-hybridized carbons (Fsp3) is 0.538. The summed E-state index contributed by atoms with van der Waals surface area (Å²) in [6.45, 7) is 4.88. The zero-order valence-corrected chi connectivity index (χ0v) is 10.2. The Morgan fingerprint density at radius 1 is 1.44 bits per heavy atom. The summed E-state index contributed by atoms with van der Waals surface area (Å²) in [5.41, 5.74) is 8.43. The monoisotopic (exact) mass is 220 g/mol. The highest BCUT2D eigenvalue weighted by molar-refractivity contribution is 5.41. The van der Waals surface area contributed by atoms with Gasteiger partial charge in [0.2, 0.25) is 0 Å². The van der Waals surface area contributed by atoms with Crippen molar-refractivity contribution in [3.05, 3.63) is 29.3 Å². The second kappa shape index (κ2) is 4.07. The Morgan fingerprint density at radius 2 is 2.19 bits per heavy atom. The van der Waals surface area contributed by atoms with Gasteiger partial charge in [-0.25, -0.2) is 0 Å². The van der Waals surface area contributed by atoms with Crippen LogP contribution in [-0.2, 0) is 6.42 Å². The van der Waals surface area contributed by atoms with E-state index < -0.39 is 0 Å². The van der Waals surface area contributed by atoms with E-state index in [0.717, 1.165) is 18.8 Å². The molecule has 0 radical (unpaired) electrons. The van der Waals surface area contributed by atoms with Crippen molar-refractivity contribution in [3.63, 3.8) is 0 Å². The Bertz CT molecular complexity index is 382. The Hall–Kier alpha value is -1.06. The van der Waals surface area contributed by atoms with Crippen LogP contribution in [0.3, 0.4) is 0 Å². The van der Waals surface area contributed by atoms with Gasteiger partial charge in [0.15, 0.2) is 0 Å². The predicted octanol–water partition coefficient (Wildman–Crippen LogP) is 1.62. The van der Waals surface area contributed by atoms with Gasteiger partial charge in [-0.3, -0.25) is 0 Å². The van der Waals surface area contributed by atoms with Gasteiger partial charge in [-0.05, 0) is 38.1 Å². The molecule has 1 aromatic carbocycles. The molecule has 3 nitrogen and oxygen atoms in total. The summed E-state index contributed by atoms with van der Waals surface area (Å²) in [5.74, 6) is 1.02. The summed E-state index contributed by atoms with van der Waals surface area (Å²) in [7, 11) is 1.95. The molecule has 2 rings (SSSR count). The Morgan fingerprint density at radius 3 is 2.81 bits per heavy atom. The number of nitrogens with one attached hydrogen (secondary N) is 1. The maximum Gasteiger partial charge on any atom is 0.122 e. The van der Waals surface area contributed by atoms with Gasteiger partial charge in [0, 0.05) is 18.0 Å². The minimum Gasteiger partial charge on any atom is -0.493 e. The fourth-order valence-electron chi connectivity index (χ4n) is 2.35. The molecule has 1 unspecified atom stereocenters. The van der Waals surface area contributed by atoms with Crippen molar-refractivity contribution in [2.45, 2.75) is 31.8 Å². The molecule has 0 fully saturated rings. The predicted molar refractivity (Wildman–Crippen MR) is 65.7 cm³/mol. The minimum atomic E-state index is -0.275. The molecule has 1 heterocycles. The van der Waals surface area contributed by atoms with Crippen LogP contribution >= 0.6 is 0 Å². The third-order valence-electron chi connectivity index (χ3n) is 3.08. The van der Waals surface area contributed by atoms with Gasteiger partial charge in [0.25, 0.3) is 0 Å². The van der Waals surface area contributed by atoms with E-state index in [-0.39, 0.29) is 11.6 Å². The third-order valence-corrected chi connectivity index (χ3v) is 3.08. The Balaban J connectivity index is 2.33. The molecule has 0 saturated carbocycles. The van der Waals surface area contributed by atoms with Crippen LogP contribution in [0, 0.1) is 0 Å². The molecule has 3 heteroatoms. The third kappa shape index (κ3) is 2.06. The fourth-order valence-corrected chi connectivity index (χ4v) is 2.35. The van der Waals surface area contributed by atoms with E-state index in [2.05, 4.69) is 17.4 Å². The van der Waals surface area contributed by atoms with E-state index in [1.54, 1.807) is 0 Å². The van der Waals surface area contributed by atoms with Crippen molar-refractivity contribution in [3.8, 4) is 5.75 Å². The van der Waals surface area contributed by atoms with E-state index in [1.165, 1.54) is 11.1 Å². The van der Waals surface area contributed by atoms with Crippen molar-refractivity contribution in [1.82, 2.24) is 5.32 Å². The second-order valence-electron chi connectivity index (χ2n) is 5.01. The smallest absolute Gasteiger partial charge is 0.122 e. The number of hydrogen-bond acceptors (Lipinski definition) is 3. The molecule has 1 aliphatic heterocycles. The molecule has 1 atom stereocenters. The number of hydrogen-bond donors (Lipinski definition) is 2. The number of benzene rings is 1. The Kier molecular flexibility index (Phi) is 2.91. The molecular formula is C13H20N2O. The summed E-state index contributed by atoms with van der Waals surface area (Å²) in [5, 5.41) is 3.28. The quantitative estimate of drug-likeness (QED) is 0.813. The number of rotatable bonds is 3. The van der Waals surface area contributed by atoms with Crippen molar-refractivity contribution >= 4 is 0 Å². The lowest BCUT2D eigenvalue weighted by atomic mass is 9.89. The largest absolute Gasteiger partial charge is 0.493 e. The summed E-state index contributed by atoms with van der Waals surface area (Å²) < 4.78 is 5.50. The van der Waals surface area contributed by atoms with Crippen LogP contribution in [0.4, 0.5) is 0 Å². The van der Waals surface area contributed by atoms with Gasteiger partial charge >= 0.3 is 0 Å². The molecule has 0 spiro atoms. The molecule has 0 aliphatic carbocycles. The van der Waals surface area contributed by atoms with Crippen molar-refractivity contribution in [1.29, 1.82) is 0 Å². The molecule has 1 aliphatic rings. The van der Waals surface area contributed by atoms with E-state index in [9.17, 15) is 0 Å². The Labute approximate surface area is 97.0 Å². The van der Waals surface area contributed by atoms with Gasteiger partial charge in [-0.1, -0.05) is 12.1 Å². The highest BCUT2D eigenvalue weighted by Gasteiger charge is 2.26. The summed E-state index contributed by atoms with van der Waals surface area (Å²) in [6.07, 6.45) is 1.00. The van der Waals surface area contributed by atoms with Gasteiger partial charge in [-0.2, -0.15) is 0 Å². The SMILES string of the molecule is CNC(c1ccc2c(c1)CCO2)C(C)(C)N. The van der Waals surface area contributed by atoms with E-state index in [4.69, 9.17) is 10.5 Å². The van der Waals surface area contributed by atoms with Gasteiger partial charge in [0.1, 0.15) is 5.75 Å². The van der Waals surface area contributed by atoms with Gasteiger partial charge in [-0.15, -0.1) is 0 Å². The molecule has 1 aromatic rings. The number of fused-ring (bicyclic) bond motifs is 1. The van der Waals surface area contributed by atoms with Gasteiger partial charge in [0.05, 0.1) is 6.61 Å². The minimum absolute atomic E-state index is 0.165. The molecule has 88 valence electrons. The standard InChI is InChI=1S/C13H20N2O/c1-13(2,14)12(15-3)10-4-5-11-9(8-10)6-7-16-11/h4-5,8,12,15H,6-7,14H2,1-3H3. The maximum atomic E-state index is 6.17. The average molecular weight is 220 g/mol. The van der Waals surface area contributed by atoms with Crippen LogP contribution in [0.2, 0.25) is 0 Å². The van der Waals surface area contributed by atoms with Crippen LogP contribution in [0.15, 0.2) is 18.2 Å². The first-order valence-electron chi connectivity index (χ1n) is 5.74.